The number of carboxylic acid groups (broad SMARTS) is 2. The quantitative estimate of drug-likeness (QED) is 0.239. The Balaban J connectivity index is 1.79. The summed E-state index contributed by atoms with van der Waals surface area (Å²) < 4.78 is 4.13. The van der Waals surface area contributed by atoms with Crippen LogP contribution in [-0.2, 0) is 22.7 Å². The van der Waals surface area contributed by atoms with E-state index in [1.165, 1.54) is 0 Å². The first kappa shape index (κ1) is 31.0. The molecule has 41 heavy (non-hydrogen) atoms. The van der Waals surface area contributed by atoms with E-state index >= 15 is 0 Å². The molecule has 0 saturated heterocycles. The number of imidazole rings is 1. The number of hydrogen-bond donors (Lipinski definition) is 1. The normalized spacial score (nSPS) is 14.1. The molecular weight excluding hydrogens is 610 g/mol. The number of carbonyl (C=O) groups is 2. The van der Waals surface area contributed by atoms with E-state index in [0.29, 0.717) is 59.1 Å². The van der Waals surface area contributed by atoms with Crippen LogP contribution in [-0.4, -0.2) is 34.7 Å². The number of anilines is 2. The third-order valence-electron chi connectivity index (χ3n) is 6.96. The molecule has 1 aliphatic heterocycles. The van der Waals surface area contributed by atoms with Crippen molar-refractivity contribution in [3.63, 3.8) is 0 Å². The van der Waals surface area contributed by atoms with E-state index in [2.05, 4.69) is 14.4 Å². The highest BCUT2D eigenvalue weighted by Crippen LogP contribution is 2.45. The molecule has 4 rings (SSSR count). The van der Waals surface area contributed by atoms with E-state index in [-0.39, 0.29) is 12.8 Å². The van der Waals surface area contributed by atoms with Gasteiger partial charge in [0.15, 0.2) is 11.0 Å². The first-order chi connectivity index (χ1) is 19.6. The van der Waals surface area contributed by atoms with Gasteiger partial charge in [-0.15, -0.1) is 0 Å². The molecule has 0 bridgehead atoms. The molecule has 0 aliphatic carbocycles. The summed E-state index contributed by atoms with van der Waals surface area (Å²) in [4.78, 5) is 26.5. The summed E-state index contributed by atoms with van der Waals surface area (Å²) in [6.07, 6.45) is 6.65. The summed E-state index contributed by atoms with van der Waals surface area (Å²) in [5.41, 5.74) is 3.47. The van der Waals surface area contributed by atoms with Crippen LogP contribution in [0.15, 0.2) is 42.2 Å². The topological polar surface area (TPSA) is 92.7 Å². The minimum atomic E-state index is -1.10. The van der Waals surface area contributed by atoms with Crippen LogP contribution in [0.25, 0.3) is 17.1 Å². The van der Waals surface area contributed by atoms with Gasteiger partial charge in [-0.05, 0) is 51.3 Å². The van der Waals surface area contributed by atoms with Crippen molar-refractivity contribution in [2.75, 3.05) is 22.9 Å². The number of carboxylic acids is 2. The molecule has 2 aromatic carbocycles. The fourth-order valence-electron chi connectivity index (χ4n) is 5.19. The van der Waals surface area contributed by atoms with Gasteiger partial charge in [0, 0.05) is 43.7 Å². The van der Waals surface area contributed by atoms with Gasteiger partial charge in [-0.2, -0.15) is 0 Å². The molecule has 218 valence electrons. The smallest absolute Gasteiger partial charge is 0.303 e. The van der Waals surface area contributed by atoms with Crippen LogP contribution < -0.4 is 19.5 Å². The predicted molar refractivity (Wildman–Crippen MR) is 163 cm³/mol. The van der Waals surface area contributed by atoms with Crippen LogP contribution in [0.4, 0.5) is 11.4 Å². The third-order valence-corrected chi connectivity index (χ3v) is 8.41. The summed E-state index contributed by atoms with van der Waals surface area (Å²) in [6.45, 7) is 6.25. The van der Waals surface area contributed by atoms with E-state index < -0.39 is 11.9 Å². The molecule has 0 radical (unpaired) electrons. The van der Waals surface area contributed by atoms with Crippen molar-refractivity contribution in [1.82, 2.24) is 4.57 Å². The van der Waals surface area contributed by atoms with Gasteiger partial charge in [0.05, 0.1) is 44.6 Å². The van der Waals surface area contributed by atoms with Gasteiger partial charge in [-0.3, -0.25) is 4.79 Å². The van der Waals surface area contributed by atoms with Crippen molar-refractivity contribution in [3.8, 4) is 0 Å². The van der Waals surface area contributed by atoms with Gasteiger partial charge in [0.25, 0.3) is 5.82 Å². The molecule has 0 spiro atoms. The predicted octanol–water partition coefficient (Wildman–Crippen LogP) is 6.16. The van der Waals surface area contributed by atoms with Crippen molar-refractivity contribution in [2.24, 2.45) is 0 Å². The van der Waals surface area contributed by atoms with Gasteiger partial charge in [-0.1, -0.05) is 52.5 Å². The molecule has 0 fully saturated rings. The number of carbonyl (C=O) groups excluding carboxylic acids is 1. The molecule has 0 amide bonds. The molecule has 1 aromatic heterocycles. The molecule has 12 heteroatoms. The zero-order chi connectivity index (χ0) is 29.8. The maximum absolute atomic E-state index is 11.2. The maximum Gasteiger partial charge on any atom is 0.303 e. The Bertz CT molecular complexity index is 1550. The molecule has 0 unspecified atom stereocenters. The van der Waals surface area contributed by atoms with Crippen molar-refractivity contribution in [1.29, 1.82) is 0 Å². The zero-order valence-corrected chi connectivity index (χ0v) is 25.7. The van der Waals surface area contributed by atoms with Crippen LogP contribution >= 0.6 is 46.4 Å². The van der Waals surface area contributed by atoms with E-state index in [9.17, 15) is 19.8 Å². The average Bonchev–Trinajstić information content (AvgIpc) is 3.34. The number of halogens is 4. The van der Waals surface area contributed by atoms with Crippen molar-refractivity contribution in [3.05, 3.63) is 68.2 Å². The Labute approximate surface area is 258 Å². The first-order valence-electron chi connectivity index (χ1n) is 13.3. The summed E-state index contributed by atoms with van der Waals surface area (Å²) in [7, 11) is 0. The minimum Gasteiger partial charge on any atom is -0.550 e. The molecule has 8 nitrogen and oxygen atoms in total. The third kappa shape index (κ3) is 6.61. The molecule has 0 saturated carbocycles. The molecule has 3 aromatic rings. The van der Waals surface area contributed by atoms with Crippen molar-refractivity contribution < 1.29 is 24.4 Å². The lowest BCUT2D eigenvalue weighted by Crippen LogP contribution is -2.37. The van der Waals surface area contributed by atoms with Gasteiger partial charge < -0.3 is 24.8 Å². The maximum atomic E-state index is 11.2. The number of aryl methyl sites for hydroxylation is 2. The van der Waals surface area contributed by atoms with E-state index in [4.69, 9.17) is 46.4 Å². The van der Waals surface area contributed by atoms with Gasteiger partial charge in [0.1, 0.15) is 5.82 Å². The van der Waals surface area contributed by atoms with Crippen LogP contribution in [0.3, 0.4) is 0 Å². The number of hydrogen-bond acceptors (Lipinski definition) is 5. The number of benzene rings is 2. The summed E-state index contributed by atoms with van der Waals surface area (Å²) >= 11 is 25.4. The average molecular weight is 640 g/mol. The molecular formula is C29H30Cl4N4O4. The summed E-state index contributed by atoms with van der Waals surface area (Å²) in [5, 5.41) is 22.0. The van der Waals surface area contributed by atoms with Crippen LogP contribution in [0, 0.1) is 0 Å². The Hall–Kier alpha value is -2.91. The first-order valence-corrected chi connectivity index (χ1v) is 14.8. The number of rotatable bonds is 12. The summed E-state index contributed by atoms with van der Waals surface area (Å²) in [5.74, 6) is -0.252. The van der Waals surface area contributed by atoms with E-state index in [0.717, 1.165) is 34.1 Å². The Morgan fingerprint density at radius 1 is 0.902 bits per heavy atom. The van der Waals surface area contributed by atoms with Gasteiger partial charge in [0.2, 0.25) is 0 Å². The second-order valence-corrected chi connectivity index (χ2v) is 11.1. The number of aliphatic carboxylic acids is 2. The molecule has 0 atom stereocenters. The molecule has 1 aliphatic rings. The standard InChI is InChI=1S/C29H30Cl4N4O4/c1-3-34-22-14-18(30)20(32)16-24(22)36(12-6-10-28(38)39)26(34)8-5-9-27-35(4-2)23-15-19(31)21(33)17-25(23)37(27)13-7-11-29(40)41/h5,8-9,14-17H,3-4,6-7,10-13H2,1-2H3,(H-,38,39,40,41). The van der Waals surface area contributed by atoms with E-state index in [1.54, 1.807) is 12.1 Å². The second kappa shape index (κ2) is 13.4. The van der Waals surface area contributed by atoms with Gasteiger partial charge in [-0.25, -0.2) is 9.13 Å². The number of allylic oxidation sites excluding steroid dienone is 2. The fourth-order valence-corrected chi connectivity index (χ4v) is 5.82. The molecule has 1 N–H and O–H groups in total. The lowest BCUT2D eigenvalue weighted by Gasteiger charge is -2.24. The number of aromatic nitrogens is 2. The highest BCUT2D eigenvalue weighted by Gasteiger charge is 2.31. The Morgan fingerprint density at radius 2 is 1.54 bits per heavy atom. The van der Waals surface area contributed by atoms with Crippen molar-refractivity contribution in [2.45, 2.75) is 52.6 Å². The highest BCUT2D eigenvalue weighted by atomic mass is 35.5. The van der Waals surface area contributed by atoms with Gasteiger partial charge >= 0.3 is 5.97 Å². The van der Waals surface area contributed by atoms with Crippen LogP contribution in [0.2, 0.25) is 20.1 Å². The fraction of sp³-hybridized carbons (Fsp3) is 0.345. The number of fused-ring (bicyclic) bond motifs is 2. The Kier molecular flexibility index (Phi) is 10.1. The SMILES string of the molecule is CCN1/C(=C\C=C\c2n(CC)c3cc(Cl)c(Cl)cc3[n+]2CCCC(=O)[O-])N(CCCC(=O)O)c2cc(Cl)c(Cl)cc21. The minimum absolute atomic E-state index is 0.0377. The summed E-state index contributed by atoms with van der Waals surface area (Å²) in [6, 6.07) is 7.24. The largest absolute Gasteiger partial charge is 0.550 e. The van der Waals surface area contributed by atoms with E-state index in [1.807, 2.05) is 48.8 Å². The number of nitrogens with zero attached hydrogens (tertiary/aromatic N) is 4. The lowest BCUT2D eigenvalue weighted by molar-refractivity contribution is -0.674. The zero-order valence-electron chi connectivity index (χ0n) is 22.7. The van der Waals surface area contributed by atoms with Crippen LogP contribution in [0.5, 0.6) is 0 Å². The second-order valence-electron chi connectivity index (χ2n) is 9.52. The Morgan fingerprint density at radius 3 is 2.15 bits per heavy atom. The van der Waals surface area contributed by atoms with Crippen molar-refractivity contribution >= 4 is 86.8 Å². The lowest BCUT2D eigenvalue weighted by atomic mass is 10.2. The highest BCUT2D eigenvalue weighted by molar-refractivity contribution is 6.43. The van der Waals surface area contributed by atoms with Crippen LogP contribution in [0.1, 0.15) is 45.4 Å². The molecule has 2 heterocycles. The monoisotopic (exact) mass is 638 g/mol.